The third-order valence-corrected chi connectivity index (χ3v) is 12.3. The first-order valence-electron chi connectivity index (χ1n) is 19.4. The summed E-state index contributed by atoms with van der Waals surface area (Å²) in [5.41, 5.74) is -4.24. The summed E-state index contributed by atoms with van der Waals surface area (Å²) in [4.78, 5) is 38.4. The standard InChI is InChI=1S/C38H69NO13.CH2O2/c1-15-26-38(10,45)31(42)21(4)28(40)19(2)17-37(9,47-14)33(52-35-29(41)25(39(11)12)16-20(3)48-35)22(5)30(23(6)34(44)50-26)51-27-18-36(8,46-13)32(43)24(7)49-27;2-1-3/h19-27,29-33,35,41-43,45H,15-18H2,1-14H3;1H,(H,2,3)/t19-,20+,21+,22-,23+,24-,25-,26-,27-,29+,30-,31+,32-,33+,35-,36+,37+,38+;/m0./s1. The van der Waals surface area contributed by atoms with E-state index in [-0.39, 0.29) is 43.7 Å². The van der Waals surface area contributed by atoms with Crippen molar-refractivity contribution >= 4 is 18.2 Å². The van der Waals surface area contributed by atoms with Crippen molar-refractivity contribution in [2.45, 2.75) is 179 Å². The lowest BCUT2D eigenvalue weighted by molar-refractivity contribution is -0.319. The molecule has 3 saturated heterocycles. The number of aliphatic hydroxyl groups is 4. The molecule has 3 fully saturated rings. The van der Waals surface area contributed by atoms with E-state index in [0.717, 1.165) is 0 Å². The van der Waals surface area contributed by atoms with Crippen LogP contribution in [0, 0.1) is 23.7 Å². The second-order valence-electron chi connectivity index (χ2n) is 16.7. The van der Waals surface area contributed by atoms with Crippen molar-refractivity contribution in [2.24, 2.45) is 23.7 Å². The molecule has 0 aliphatic carbocycles. The van der Waals surface area contributed by atoms with Gasteiger partial charge in [-0.3, -0.25) is 14.4 Å². The number of methoxy groups -OCH3 is 2. The van der Waals surface area contributed by atoms with E-state index in [4.69, 9.17) is 43.1 Å². The fourth-order valence-corrected chi connectivity index (χ4v) is 8.58. The number of carbonyl (C=O) groups is 3. The van der Waals surface area contributed by atoms with Gasteiger partial charge in [0, 0.05) is 44.4 Å². The van der Waals surface area contributed by atoms with Gasteiger partial charge in [0.1, 0.15) is 29.7 Å². The van der Waals surface area contributed by atoms with E-state index in [1.54, 1.807) is 48.5 Å². The summed E-state index contributed by atoms with van der Waals surface area (Å²) in [5, 5.41) is 52.4. The van der Waals surface area contributed by atoms with Crippen molar-refractivity contribution < 1.29 is 73.1 Å². The Kier molecular flexibility index (Phi) is 18.1. The van der Waals surface area contributed by atoms with Crippen molar-refractivity contribution in [1.29, 1.82) is 0 Å². The van der Waals surface area contributed by atoms with E-state index in [1.165, 1.54) is 21.1 Å². The van der Waals surface area contributed by atoms with Gasteiger partial charge in [0.2, 0.25) is 0 Å². The Labute approximate surface area is 327 Å². The van der Waals surface area contributed by atoms with E-state index in [0.29, 0.717) is 6.42 Å². The van der Waals surface area contributed by atoms with Gasteiger partial charge in [-0.25, -0.2) is 0 Å². The summed E-state index contributed by atoms with van der Waals surface area (Å²) >= 11 is 0. The lowest BCUT2D eigenvalue weighted by atomic mass is 9.74. The smallest absolute Gasteiger partial charge is 0.311 e. The molecule has 0 unspecified atom stereocenters. The molecule has 16 heteroatoms. The highest BCUT2D eigenvalue weighted by molar-refractivity contribution is 5.83. The predicted molar refractivity (Wildman–Crippen MR) is 200 cm³/mol. The highest BCUT2D eigenvalue weighted by Crippen LogP contribution is 2.41. The van der Waals surface area contributed by atoms with Gasteiger partial charge in [-0.2, -0.15) is 0 Å². The van der Waals surface area contributed by atoms with Crippen LogP contribution in [0.5, 0.6) is 0 Å². The molecule has 0 spiro atoms. The van der Waals surface area contributed by atoms with Gasteiger partial charge >= 0.3 is 5.97 Å². The molecule has 3 heterocycles. The minimum absolute atomic E-state index is 0.111. The van der Waals surface area contributed by atoms with E-state index >= 15 is 0 Å². The molecule has 16 nitrogen and oxygen atoms in total. The molecular formula is C39H71NO15. The van der Waals surface area contributed by atoms with Crippen LogP contribution in [0.2, 0.25) is 0 Å². The second kappa shape index (κ2) is 20.2. The number of rotatable bonds is 8. The number of nitrogens with zero attached hydrogens (tertiary/aromatic N) is 1. The quantitative estimate of drug-likeness (QED) is 0.176. The largest absolute Gasteiger partial charge is 0.483 e. The van der Waals surface area contributed by atoms with E-state index in [1.807, 2.05) is 32.8 Å². The van der Waals surface area contributed by atoms with Gasteiger partial charge in [-0.05, 0) is 74.9 Å². The van der Waals surface area contributed by atoms with Crippen molar-refractivity contribution in [3.8, 4) is 0 Å². The lowest BCUT2D eigenvalue weighted by Crippen LogP contribution is -2.61. The van der Waals surface area contributed by atoms with Crippen LogP contribution in [-0.2, 0) is 47.5 Å². The number of hydrogen-bond acceptors (Lipinski definition) is 15. The monoisotopic (exact) mass is 793 g/mol. The molecule has 5 N–H and O–H groups in total. The summed E-state index contributed by atoms with van der Waals surface area (Å²) in [6.07, 6.45) is -8.73. The van der Waals surface area contributed by atoms with Crippen molar-refractivity contribution in [1.82, 2.24) is 4.90 Å². The fourth-order valence-electron chi connectivity index (χ4n) is 8.58. The van der Waals surface area contributed by atoms with Crippen LogP contribution in [0.15, 0.2) is 0 Å². The SMILES string of the molecule is CC[C@@H]1OC(=O)[C@H](C)[C@@H](O[C@H]2C[C@@](C)(OC)[C@@H](O)[C@H](C)O2)[C@H](C)[C@@H](O[C@@H]2O[C@H](C)C[C@H](N(C)C)[C@H]2O)[C@](C)(OC)C[C@H](C)C(=O)[C@@H](C)[C@@H](O)[C@]1(C)O.O=CO. The molecule has 0 aromatic rings. The fraction of sp³-hybridized carbons (Fsp3) is 0.923. The molecule has 0 amide bonds. The number of carboxylic acid groups (broad SMARTS) is 1. The predicted octanol–water partition coefficient (Wildman–Crippen LogP) is 2.14. The Morgan fingerprint density at radius 2 is 1.44 bits per heavy atom. The number of ether oxygens (including phenoxy) is 7. The Morgan fingerprint density at radius 1 is 0.873 bits per heavy atom. The molecule has 3 aliphatic rings. The summed E-state index contributed by atoms with van der Waals surface area (Å²) in [5.74, 6) is -4.47. The zero-order valence-electron chi connectivity index (χ0n) is 35.3. The van der Waals surface area contributed by atoms with Crippen molar-refractivity contribution in [2.75, 3.05) is 28.3 Å². The first-order valence-corrected chi connectivity index (χ1v) is 19.4. The molecule has 0 bridgehead atoms. The van der Waals surface area contributed by atoms with E-state index in [9.17, 15) is 30.0 Å². The van der Waals surface area contributed by atoms with Gasteiger partial charge in [-0.1, -0.05) is 27.7 Å². The number of aliphatic hydroxyl groups excluding tert-OH is 3. The molecule has 0 saturated carbocycles. The first kappa shape index (κ1) is 49.3. The average Bonchev–Trinajstić information content (AvgIpc) is 3.12. The normalized spacial score (nSPS) is 46.6. The van der Waals surface area contributed by atoms with Crippen LogP contribution in [0.4, 0.5) is 0 Å². The van der Waals surface area contributed by atoms with Crippen LogP contribution < -0.4 is 0 Å². The number of cyclic esters (lactones) is 1. The van der Waals surface area contributed by atoms with Gasteiger partial charge in [0.15, 0.2) is 12.6 Å². The maximum atomic E-state index is 14.2. The van der Waals surface area contributed by atoms with E-state index in [2.05, 4.69) is 0 Å². The zero-order valence-corrected chi connectivity index (χ0v) is 35.3. The molecular weight excluding hydrogens is 722 g/mol. The molecule has 0 radical (unpaired) electrons. The minimum Gasteiger partial charge on any atom is -0.483 e. The van der Waals surface area contributed by atoms with Crippen LogP contribution in [-0.4, -0.2) is 161 Å². The van der Waals surface area contributed by atoms with Gasteiger partial charge in [-0.15, -0.1) is 0 Å². The Bertz CT molecular complexity index is 1240. The molecule has 0 aromatic carbocycles. The third kappa shape index (κ3) is 11.2. The zero-order chi connectivity index (χ0) is 42.4. The highest BCUT2D eigenvalue weighted by atomic mass is 16.7. The number of carbonyl (C=O) groups excluding carboxylic acids is 2. The van der Waals surface area contributed by atoms with Crippen molar-refractivity contribution in [3.63, 3.8) is 0 Å². The van der Waals surface area contributed by atoms with Crippen LogP contribution in [0.3, 0.4) is 0 Å². The summed E-state index contributed by atoms with van der Waals surface area (Å²) in [6, 6.07) is -0.283. The maximum absolute atomic E-state index is 14.2. The van der Waals surface area contributed by atoms with Gasteiger partial charge in [0.05, 0.1) is 47.6 Å². The molecule has 0 aromatic heterocycles. The summed E-state index contributed by atoms with van der Waals surface area (Å²) in [7, 11) is 6.77. The van der Waals surface area contributed by atoms with Crippen molar-refractivity contribution in [3.05, 3.63) is 0 Å². The second-order valence-corrected chi connectivity index (χ2v) is 16.7. The number of ketones is 1. The Balaban J connectivity index is 0.00000337. The number of Topliss-reactive ketones (excluding diaryl/α,β-unsaturated/α-hetero) is 1. The molecule has 3 aliphatic heterocycles. The topological polar surface area (TPSA) is 220 Å². The molecule has 55 heavy (non-hydrogen) atoms. The maximum Gasteiger partial charge on any atom is 0.311 e. The highest BCUT2D eigenvalue weighted by Gasteiger charge is 2.54. The average molecular weight is 794 g/mol. The molecule has 3 rings (SSSR count). The summed E-state index contributed by atoms with van der Waals surface area (Å²) < 4.78 is 43.9. The van der Waals surface area contributed by atoms with Crippen LogP contribution >= 0.6 is 0 Å². The number of likely N-dealkylation sites (N-methyl/N-ethyl adjacent to an activating group) is 1. The minimum atomic E-state index is -1.96. The van der Waals surface area contributed by atoms with Gasteiger partial charge in [0.25, 0.3) is 6.47 Å². The Hall–Kier alpha value is -1.83. The first-order chi connectivity index (χ1) is 25.4. The van der Waals surface area contributed by atoms with Crippen LogP contribution in [0.25, 0.3) is 0 Å². The molecule has 18 atom stereocenters. The summed E-state index contributed by atoms with van der Waals surface area (Å²) in [6.45, 7) is 16.8. The van der Waals surface area contributed by atoms with E-state index < -0.39 is 102 Å². The Morgan fingerprint density at radius 3 is 1.95 bits per heavy atom. The number of hydrogen-bond donors (Lipinski definition) is 5. The van der Waals surface area contributed by atoms with Gasteiger partial charge < -0.3 is 63.6 Å². The molecule has 322 valence electrons. The third-order valence-electron chi connectivity index (χ3n) is 12.3. The lowest BCUT2D eigenvalue weighted by Gasteiger charge is -2.50. The number of esters is 1. The van der Waals surface area contributed by atoms with Crippen LogP contribution in [0.1, 0.15) is 94.9 Å².